The number of anilines is 1. The molecule has 1 aliphatic heterocycles. The fourth-order valence-corrected chi connectivity index (χ4v) is 4.39. The lowest BCUT2D eigenvalue weighted by Gasteiger charge is -2.36. The highest BCUT2D eigenvalue weighted by molar-refractivity contribution is 5.81. The van der Waals surface area contributed by atoms with Crippen LogP contribution >= 0.6 is 0 Å². The molecule has 2 aromatic heterocycles. The summed E-state index contributed by atoms with van der Waals surface area (Å²) in [4.78, 5) is 25.2. The first-order valence-corrected chi connectivity index (χ1v) is 11.5. The van der Waals surface area contributed by atoms with Crippen LogP contribution < -0.4 is 14.4 Å². The number of benzene rings is 2. The van der Waals surface area contributed by atoms with Crippen LogP contribution in [0.5, 0.6) is 11.5 Å². The molecule has 1 amide bonds. The van der Waals surface area contributed by atoms with Gasteiger partial charge in [0.1, 0.15) is 18.0 Å². The molecule has 4 aromatic rings. The second kappa shape index (κ2) is 9.68. The van der Waals surface area contributed by atoms with E-state index in [1.165, 1.54) is 24.5 Å². The molecule has 1 saturated heterocycles. The van der Waals surface area contributed by atoms with Crippen molar-refractivity contribution in [3.05, 3.63) is 54.8 Å². The van der Waals surface area contributed by atoms with Crippen molar-refractivity contribution in [2.24, 2.45) is 0 Å². The molecule has 0 bridgehead atoms. The number of imidazole rings is 1. The molecule has 9 nitrogen and oxygen atoms in total. The maximum Gasteiger partial charge on any atom is 0.573 e. The number of carbonyl (C=O) groups excluding carboxylic acids is 1. The monoisotopic (exact) mass is 515 g/mol. The van der Waals surface area contributed by atoms with E-state index >= 15 is 0 Å². The van der Waals surface area contributed by atoms with Gasteiger partial charge in [-0.1, -0.05) is 0 Å². The number of halogens is 3. The molecule has 0 aliphatic carbocycles. The Labute approximate surface area is 210 Å². The van der Waals surface area contributed by atoms with Crippen LogP contribution in [0.1, 0.15) is 5.89 Å². The van der Waals surface area contributed by atoms with Crippen LogP contribution in [0.3, 0.4) is 0 Å². The standard InChI is InChI=1S/C25H24F3N5O4/c1-16-29-13-23(36-16)19-5-3-17(11-22(19)35-2)31-7-9-32(10-8-31)24(34)14-33-15-30-20-12-18(4-6-21(20)33)37-25(26,27)28/h3-6,11-13,15H,7-10,14H2,1-2H3. The van der Waals surface area contributed by atoms with Gasteiger partial charge in [-0.25, -0.2) is 9.97 Å². The van der Waals surface area contributed by atoms with Crippen molar-refractivity contribution in [3.63, 3.8) is 0 Å². The van der Waals surface area contributed by atoms with Gasteiger partial charge in [0.15, 0.2) is 11.7 Å². The van der Waals surface area contributed by atoms with Crippen LogP contribution in [0.25, 0.3) is 22.4 Å². The zero-order valence-corrected chi connectivity index (χ0v) is 20.2. The quantitative estimate of drug-likeness (QED) is 0.379. The summed E-state index contributed by atoms with van der Waals surface area (Å²) in [5.74, 6) is 1.43. The maximum absolute atomic E-state index is 13.0. The van der Waals surface area contributed by atoms with Gasteiger partial charge in [-0.3, -0.25) is 4.79 Å². The van der Waals surface area contributed by atoms with E-state index in [9.17, 15) is 18.0 Å². The van der Waals surface area contributed by atoms with Gasteiger partial charge < -0.3 is 28.3 Å². The van der Waals surface area contributed by atoms with E-state index in [1.807, 2.05) is 18.2 Å². The van der Waals surface area contributed by atoms with E-state index in [0.717, 1.165) is 11.3 Å². The Kier molecular flexibility index (Phi) is 6.40. The van der Waals surface area contributed by atoms with Gasteiger partial charge in [0.2, 0.25) is 5.91 Å². The Morgan fingerprint density at radius 2 is 1.86 bits per heavy atom. The second-order valence-corrected chi connectivity index (χ2v) is 8.57. The zero-order valence-electron chi connectivity index (χ0n) is 20.2. The number of hydrogen-bond acceptors (Lipinski definition) is 7. The normalized spacial score (nSPS) is 14.3. The summed E-state index contributed by atoms with van der Waals surface area (Å²) >= 11 is 0. The summed E-state index contributed by atoms with van der Waals surface area (Å²) in [6, 6.07) is 9.74. The Bertz CT molecular complexity index is 1420. The number of carbonyl (C=O) groups is 1. The minimum atomic E-state index is -4.78. The highest BCUT2D eigenvalue weighted by atomic mass is 19.4. The fraction of sp³-hybridized carbons (Fsp3) is 0.320. The smallest absolute Gasteiger partial charge is 0.496 e. The minimum Gasteiger partial charge on any atom is -0.496 e. The lowest BCUT2D eigenvalue weighted by Crippen LogP contribution is -2.49. The minimum absolute atomic E-state index is 0.0368. The van der Waals surface area contributed by atoms with Gasteiger partial charge >= 0.3 is 6.36 Å². The molecule has 0 atom stereocenters. The lowest BCUT2D eigenvalue weighted by atomic mass is 10.1. The molecule has 0 radical (unpaired) electrons. The molecule has 0 unspecified atom stereocenters. The molecule has 0 saturated carbocycles. The second-order valence-electron chi connectivity index (χ2n) is 8.57. The van der Waals surface area contributed by atoms with Gasteiger partial charge in [-0.2, -0.15) is 0 Å². The first-order chi connectivity index (χ1) is 17.7. The van der Waals surface area contributed by atoms with Gasteiger partial charge in [0, 0.05) is 50.9 Å². The van der Waals surface area contributed by atoms with E-state index in [-0.39, 0.29) is 18.2 Å². The Morgan fingerprint density at radius 3 is 2.54 bits per heavy atom. The van der Waals surface area contributed by atoms with Crippen molar-refractivity contribution in [1.82, 2.24) is 19.4 Å². The molecule has 37 heavy (non-hydrogen) atoms. The third-order valence-electron chi connectivity index (χ3n) is 6.20. The number of ether oxygens (including phenoxy) is 2. The number of hydrogen-bond donors (Lipinski definition) is 0. The zero-order chi connectivity index (χ0) is 26.2. The molecule has 194 valence electrons. The Hall–Kier alpha value is -4.22. The van der Waals surface area contributed by atoms with Crippen molar-refractivity contribution in [2.45, 2.75) is 19.8 Å². The number of alkyl halides is 3. The predicted molar refractivity (Wildman–Crippen MR) is 128 cm³/mol. The van der Waals surface area contributed by atoms with Crippen LogP contribution in [-0.4, -0.2) is 65.0 Å². The van der Waals surface area contributed by atoms with Crippen LogP contribution in [0.4, 0.5) is 18.9 Å². The predicted octanol–water partition coefficient (Wildman–Crippen LogP) is 4.26. The van der Waals surface area contributed by atoms with Crippen molar-refractivity contribution < 1.29 is 31.9 Å². The average Bonchev–Trinajstić information content (AvgIpc) is 3.48. The van der Waals surface area contributed by atoms with Gasteiger partial charge in [-0.05, 0) is 24.3 Å². The van der Waals surface area contributed by atoms with Crippen molar-refractivity contribution in [3.8, 4) is 22.8 Å². The van der Waals surface area contributed by atoms with Crippen molar-refractivity contribution >= 4 is 22.6 Å². The summed E-state index contributed by atoms with van der Waals surface area (Å²) in [5.41, 5.74) is 2.65. The number of aromatic nitrogens is 3. The van der Waals surface area contributed by atoms with E-state index in [1.54, 1.807) is 29.7 Å². The third kappa shape index (κ3) is 5.32. The van der Waals surface area contributed by atoms with Crippen molar-refractivity contribution in [1.29, 1.82) is 0 Å². The number of fused-ring (bicyclic) bond motifs is 1. The summed E-state index contributed by atoms with van der Waals surface area (Å²) < 4.78 is 54.2. The molecule has 2 aromatic carbocycles. The highest BCUT2D eigenvalue weighted by Gasteiger charge is 2.31. The largest absolute Gasteiger partial charge is 0.573 e. The molecular formula is C25H24F3N5O4. The summed E-state index contributed by atoms with van der Waals surface area (Å²) in [5, 5.41) is 0. The molecule has 0 spiro atoms. The summed E-state index contributed by atoms with van der Waals surface area (Å²) in [7, 11) is 1.60. The van der Waals surface area contributed by atoms with Crippen LogP contribution in [0.15, 0.2) is 53.3 Å². The number of methoxy groups -OCH3 is 1. The first kappa shape index (κ1) is 24.5. The lowest BCUT2D eigenvalue weighted by molar-refractivity contribution is -0.274. The number of amides is 1. The summed E-state index contributed by atoms with van der Waals surface area (Å²) in [6.07, 6.45) is -1.67. The fourth-order valence-electron chi connectivity index (χ4n) is 4.39. The third-order valence-corrected chi connectivity index (χ3v) is 6.20. The number of aryl methyl sites for hydroxylation is 1. The topological polar surface area (TPSA) is 85.9 Å². The Morgan fingerprint density at radius 1 is 1.08 bits per heavy atom. The van der Waals surface area contributed by atoms with Crippen LogP contribution in [-0.2, 0) is 11.3 Å². The SMILES string of the molecule is COc1cc(N2CCN(C(=O)Cn3cnc4cc(OC(F)(F)F)ccc43)CC2)ccc1-c1cnc(C)o1. The number of oxazole rings is 1. The van der Waals surface area contributed by atoms with E-state index in [2.05, 4.69) is 19.6 Å². The molecule has 3 heterocycles. The first-order valence-electron chi connectivity index (χ1n) is 11.5. The molecular weight excluding hydrogens is 491 g/mol. The number of rotatable bonds is 6. The molecule has 1 aliphatic rings. The van der Waals surface area contributed by atoms with E-state index in [4.69, 9.17) is 9.15 Å². The Balaban J connectivity index is 1.22. The van der Waals surface area contributed by atoms with E-state index in [0.29, 0.717) is 54.6 Å². The highest BCUT2D eigenvalue weighted by Crippen LogP contribution is 2.34. The molecule has 5 rings (SSSR count). The number of piperazine rings is 1. The van der Waals surface area contributed by atoms with Gasteiger partial charge in [-0.15, -0.1) is 13.2 Å². The van der Waals surface area contributed by atoms with Crippen LogP contribution in [0, 0.1) is 6.92 Å². The molecule has 1 fully saturated rings. The average molecular weight is 515 g/mol. The molecule has 12 heteroatoms. The van der Waals surface area contributed by atoms with Crippen LogP contribution in [0.2, 0.25) is 0 Å². The maximum atomic E-state index is 13.0. The van der Waals surface area contributed by atoms with Crippen molar-refractivity contribution in [2.75, 3.05) is 38.2 Å². The van der Waals surface area contributed by atoms with Gasteiger partial charge in [0.25, 0.3) is 0 Å². The number of nitrogens with zero attached hydrogens (tertiary/aromatic N) is 5. The van der Waals surface area contributed by atoms with Gasteiger partial charge in [0.05, 0.1) is 36.2 Å². The summed E-state index contributed by atoms with van der Waals surface area (Å²) in [6.45, 7) is 4.15. The van der Waals surface area contributed by atoms with E-state index < -0.39 is 6.36 Å². The molecule has 0 N–H and O–H groups in total.